The van der Waals surface area contributed by atoms with Crippen LogP contribution in [0, 0.1) is 0 Å². The van der Waals surface area contributed by atoms with Crippen LogP contribution in [0.1, 0.15) is 0 Å². The van der Waals surface area contributed by atoms with E-state index in [0.29, 0.717) is 17.5 Å². The molecule has 8 aromatic carbocycles. The van der Waals surface area contributed by atoms with Crippen molar-refractivity contribution in [1.82, 2.24) is 19.5 Å². The minimum absolute atomic E-state index is 0.628. The van der Waals surface area contributed by atoms with Crippen LogP contribution in [0.5, 0.6) is 0 Å². The van der Waals surface area contributed by atoms with Gasteiger partial charge in [-0.15, -0.1) is 0 Å². The Hall–Kier alpha value is -7.43. The van der Waals surface area contributed by atoms with Gasteiger partial charge in [0.05, 0.1) is 11.0 Å². The molecule has 10 aromatic rings. The van der Waals surface area contributed by atoms with Crippen LogP contribution in [0.25, 0.3) is 95.0 Å². The highest BCUT2D eigenvalue weighted by atomic mass is 15.0. The monoisotopic (exact) mass is 702 g/mol. The molecule has 2 aromatic heterocycles. The third-order valence-electron chi connectivity index (χ3n) is 10.3. The molecule has 0 bridgehead atoms. The summed E-state index contributed by atoms with van der Waals surface area (Å²) in [5.41, 5.74) is 13.2. The van der Waals surface area contributed by atoms with E-state index in [1.807, 2.05) is 36.4 Å². The number of benzene rings is 8. The van der Waals surface area contributed by atoms with E-state index in [4.69, 9.17) is 15.0 Å². The zero-order valence-corrected chi connectivity index (χ0v) is 29.9. The second kappa shape index (κ2) is 13.8. The highest BCUT2D eigenvalue weighted by Crippen LogP contribution is 2.39. The fraction of sp³-hybridized carbons (Fsp3) is 0. The zero-order chi connectivity index (χ0) is 36.6. The minimum Gasteiger partial charge on any atom is -0.309 e. The molecule has 0 fully saturated rings. The molecule has 0 aliphatic heterocycles. The van der Waals surface area contributed by atoms with Gasteiger partial charge in [0, 0.05) is 33.2 Å². The molecule has 2 heterocycles. The van der Waals surface area contributed by atoms with E-state index < -0.39 is 0 Å². The minimum atomic E-state index is 0.628. The molecule has 0 spiro atoms. The van der Waals surface area contributed by atoms with Crippen molar-refractivity contribution in [1.29, 1.82) is 0 Å². The molecule has 0 atom stereocenters. The molecule has 10 rings (SSSR count). The Balaban J connectivity index is 1.09. The van der Waals surface area contributed by atoms with E-state index in [2.05, 4.69) is 174 Å². The average Bonchev–Trinajstić information content (AvgIpc) is 3.61. The molecule has 4 nitrogen and oxygen atoms in total. The average molecular weight is 703 g/mol. The Kier molecular flexibility index (Phi) is 8.12. The quantitative estimate of drug-likeness (QED) is 0.166. The van der Waals surface area contributed by atoms with Crippen LogP contribution in [-0.4, -0.2) is 19.5 Å². The fourth-order valence-electron chi connectivity index (χ4n) is 7.63. The van der Waals surface area contributed by atoms with Gasteiger partial charge in [-0.1, -0.05) is 164 Å². The Morgan fingerprint density at radius 3 is 1.40 bits per heavy atom. The first kappa shape index (κ1) is 32.2. The van der Waals surface area contributed by atoms with Gasteiger partial charge < -0.3 is 4.57 Å². The van der Waals surface area contributed by atoms with Gasteiger partial charge in [0.25, 0.3) is 0 Å². The van der Waals surface area contributed by atoms with Gasteiger partial charge in [0.2, 0.25) is 0 Å². The van der Waals surface area contributed by atoms with Gasteiger partial charge >= 0.3 is 0 Å². The van der Waals surface area contributed by atoms with Crippen LogP contribution in [0.15, 0.2) is 206 Å². The summed E-state index contributed by atoms with van der Waals surface area (Å²) >= 11 is 0. The van der Waals surface area contributed by atoms with Crippen LogP contribution in [-0.2, 0) is 0 Å². The molecule has 0 aliphatic rings. The Morgan fingerprint density at radius 2 is 0.727 bits per heavy atom. The third kappa shape index (κ3) is 6.06. The van der Waals surface area contributed by atoms with Crippen molar-refractivity contribution in [2.75, 3.05) is 0 Å². The smallest absolute Gasteiger partial charge is 0.164 e. The molecule has 0 unspecified atom stereocenters. The number of hydrogen-bond acceptors (Lipinski definition) is 3. The van der Waals surface area contributed by atoms with Crippen molar-refractivity contribution in [2.24, 2.45) is 0 Å². The summed E-state index contributed by atoms with van der Waals surface area (Å²) in [5.74, 6) is 1.90. The van der Waals surface area contributed by atoms with Crippen molar-refractivity contribution in [3.63, 3.8) is 0 Å². The lowest BCUT2D eigenvalue weighted by atomic mass is 9.93. The number of rotatable bonds is 7. The summed E-state index contributed by atoms with van der Waals surface area (Å²) in [6, 6.07) is 72.3. The van der Waals surface area contributed by atoms with Gasteiger partial charge in [-0.3, -0.25) is 0 Å². The van der Waals surface area contributed by atoms with E-state index >= 15 is 0 Å². The first-order valence-corrected chi connectivity index (χ1v) is 18.5. The number of fused-ring (bicyclic) bond motifs is 3. The predicted octanol–water partition coefficient (Wildman–Crippen LogP) is 13.0. The van der Waals surface area contributed by atoms with Crippen LogP contribution in [0.3, 0.4) is 0 Å². The Morgan fingerprint density at radius 1 is 0.273 bits per heavy atom. The predicted molar refractivity (Wildman–Crippen MR) is 227 cm³/mol. The Bertz CT molecular complexity index is 2970. The maximum absolute atomic E-state index is 5.12. The van der Waals surface area contributed by atoms with E-state index in [9.17, 15) is 0 Å². The van der Waals surface area contributed by atoms with Crippen molar-refractivity contribution in [3.05, 3.63) is 206 Å². The van der Waals surface area contributed by atoms with Gasteiger partial charge in [-0.2, -0.15) is 0 Å². The fourth-order valence-corrected chi connectivity index (χ4v) is 7.63. The second-order valence-corrected chi connectivity index (χ2v) is 13.7. The second-order valence-electron chi connectivity index (χ2n) is 13.7. The molecule has 258 valence electrons. The van der Waals surface area contributed by atoms with Crippen LogP contribution in [0.2, 0.25) is 0 Å². The molecule has 4 heteroatoms. The van der Waals surface area contributed by atoms with E-state index in [-0.39, 0.29) is 0 Å². The lowest BCUT2D eigenvalue weighted by molar-refractivity contribution is 1.07. The molecule has 0 aliphatic carbocycles. The first-order valence-electron chi connectivity index (χ1n) is 18.5. The summed E-state index contributed by atoms with van der Waals surface area (Å²) in [5, 5.41) is 2.46. The van der Waals surface area contributed by atoms with Crippen molar-refractivity contribution >= 4 is 21.8 Å². The van der Waals surface area contributed by atoms with Crippen molar-refractivity contribution in [2.45, 2.75) is 0 Å². The SMILES string of the molecule is c1ccc(-c2cccc(-c3nc(-c4ccccc4)nc(-c4cccc(-c5ccccc5-c5ccc6c(c5)c5ccccc5n6-c5ccccc5)c4)n3)c2)cc1. The topological polar surface area (TPSA) is 43.6 Å². The molecule has 0 amide bonds. The highest BCUT2D eigenvalue weighted by molar-refractivity contribution is 6.10. The zero-order valence-electron chi connectivity index (χ0n) is 29.9. The van der Waals surface area contributed by atoms with Crippen molar-refractivity contribution < 1.29 is 0 Å². The molecule has 0 saturated heterocycles. The van der Waals surface area contributed by atoms with E-state index in [1.165, 1.54) is 21.8 Å². The summed E-state index contributed by atoms with van der Waals surface area (Å²) < 4.78 is 2.36. The number of hydrogen-bond donors (Lipinski definition) is 0. The summed E-state index contributed by atoms with van der Waals surface area (Å²) in [7, 11) is 0. The number of nitrogens with zero attached hydrogens (tertiary/aromatic N) is 4. The first-order chi connectivity index (χ1) is 27.3. The molecule has 0 radical (unpaired) electrons. The molecular weight excluding hydrogens is 669 g/mol. The maximum atomic E-state index is 5.12. The molecule has 0 saturated carbocycles. The molecule has 0 N–H and O–H groups in total. The van der Waals surface area contributed by atoms with Gasteiger partial charge in [0.15, 0.2) is 17.5 Å². The van der Waals surface area contributed by atoms with Gasteiger partial charge in [-0.25, -0.2) is 15.0 Å². The summed E-state index contributed by atoms with van der Waals surface area (Å²) in [4.78, 5) is 15.2. The van der Waals surface area contributed by atoms with E-state index in [0.717, 1.165) is 55.8 Å². The van der Waals surface area contributed by atoms with E-state index in [1.54, 1.807) is 0 Å². The Labute approximate surface area is 319 Å². The summed E-state index contributed by atoms with van der Waals surface area (Å²) in [6.45, 7) is 0. The highest BCUT2D eigenvalue weighted by Gasteiger charge is 2.17. The number of para-hydroxylation sites is 2. The summed E-state index contributed by atoms with van der Waals surface area (Å²) in [6.07, 6.45) is 0. The van der Waals surface area contributed by atoms with Crippen molar-refractivity contribution in [3.8, 4) is 73.2 Å². The van der Waals surface area contributed by atoms with Crippen LogP contribution in [0.4, 0.5) is 0 Å². The molecular formula is C51H34N4. The molecule has 55 heavy (non-hydrogen) atoms. The van der Waals surface area contributed by atoms with Crippen LogP contribution >= 0.6 is 0 Å². The maximum Gasteiger partial charge on any atom is 0.164 e. The number of aromatic nitrogens is 4. The third-order valence-corrected chi connectivity index (χ3v) is 10.3. The lowest BCUT2D eigenvalue weighted by Crippen LogP contribution is -2.00. The van der Waals surface area contributed by atoms with Crippen LogP contribution < -0.4 is 0 Å². The van der Waals surface area contributed by atoms with Gasteiger partial charge in [0.1, 0.15) is 0 Å². The standard InChI is InChI=1S/C51H34N4/c1-4-16-35(17-5-1)37-20-14-22-40(32-37)50-52-49(36-18-6-2-7-19-36)53-51(54-50)41-23-15-21-38(33-41)43-26-10-11-27-44(43)39-30-31-48-46(34-39)45-28-12-13-29-47(45)55(48)42-24-8-3-9-25-42/h1-34H. The normalized spacial score (nSPS) is 11.3. The lowest BCUT2D eigenvalue weighted by Gasteiger charge is -2.13. The largest absolute Gasteiger partial charge is 0.309 e. The van der Waals surface area contributed by atoms with Gasteiger partial charge in [-0.05, 0) is 75.8 Å².